The molecule has 2 rings (SSSR count). The monoisotopic (exact) mass is 278 g/mol. The Kier molecular flexibility index (Phi) is 4.43. The largest absolute Gasteiger partial charge is 0.459 e. The average Bonchev–Trinajstić information content (AvgIpc) is 3.12. The normalized spacial score (nSPS) is 11.8. The van der Waals surface area contributed by atoms with Gasteiger partial charge >= 0.3 is 0 Å². The Hall–Kier alpha value is -2.71. The number of aromatic nitrogens is 4. The van der Waals surface area contributed by atoms with E-state index in [1.807, 2.05) is 0 Å². The minimum Gasteiger partial charge on any atom is -0.459 e. The lowest BCUT2D eigenvalue weighted by molar-refractivity contribution is -0.121. The molecule has 0 bridgehead atoms. The van der Waals surface area contributed by atoms with Gasteiger partial charge in [-0.05, 0) is 19.1 Å². The van der Waals surface area contributed by atoms with E-state index in [-0.39, 0.29) is 36.6 Å². The summed E-state index contributed by atoms with van der Waals surface area (Å²) in [6.45, 7) is 1.95. The minimum atomic E-state index is -0.353. The van der Waals surface area contributed by atoms with Gasteiger partial charge < -0.3 is 15.1 Å². The maximum absolute atomic E-state index is 11.6. The zero-order valence-corrected chi connectivity index (χ0v) is 10.8. The molecule has 2 aromatic heterocycles. The molecule has 2 amide bonds. The van der Waals surface area contributed by atoms with Crippen molar-refractivity contribution < 1.29 is 14.0 Å². The highest BCUT2D eigenvalue weighted by Gasteiger charge is 2.14. The van der Waals surface area contributed by atoms with E-state index < -0.39 is 0 Å². The van der Waals surface area contributed by atoms with E-state index in [0.717, 1.165) is 0 Å². The summed E-state index contributed by atoms with van der Waals surface area (Å²) >= 11 is 0. The number of aromatic amines is 1. The van der Waals surface area contributed by atoms with E-state index in [9.17, 15) is 9.59 Å². The number of tetrazole rings is 1. The van der Waals surface area contributed by atoms with Crippen LogP contribution in [0.1, 0.15) is 35.8 Å². The van der Waals surface area contributed by atoms with Gasteiger partial charge in [-0.3, -0.25) is 9.59 Å². The van der Waals surface area contributed by atoms with Crippen LogP contribution >= 0.6 is 0 Å². The van der Waals surface area contributed by atoms with Crippen LogP contribution in [0.15, 0.2) is 22.8 Å². The summed E-state index contributed by atoms with van der Waals surface area (Å²) in [7, 11) is 0. The number of amides is 2. The van der Waals surface area contributed by atoms with Crippen molar-refractivity contribution in [2.75, 3.05) is 6.54 Å². The van der Waals surface area contributed by atoms with Gasteiger partial charge in [0, 0.05) is 13.0 Å². The van der Waals surface area contributed by atoms with E-state index in [1.165, 1.54) is 6.26 Å². The third kappa shape index (κ3) is 3.64. The smallest absolute Gasteiger partial charge is 0.286 e. The molecule has 106 valence electrons. The maximum Gasteiger partial charge on any atom is 0.286 e. The Balaban J connectivity index is 1.69. The van der Waals surface area contributed by atoms with Crippen LogP contribution in [-0.2, 0) is 4.79 Å². The first-order valence-electron chi connectivity index (χ1n) is 6.01. The Morgan fingerprint density at radius 1 is 1.50 bits per heavy atom. The van der Waals surface area contributed by atoms with Gasteiger partial charge in [-0.2, -0.15) is 5.21 Å². The molecule has 0 aliphatic rings. The number of carbonyl (C=O) groups excluding carboxylic acids is 2. The molecule has 2 aromatic rings. The van der Waals surface area contributed by atoms with Crippen LogP contribution in [0.4, 0.5) is 0 Å². The average molecular weight is 278 g/mol. The predicted octanol–water partition coefficient (Wildman–Crippen LogP) is -0.210. The second kappa shape index (κ2) is 6.45. The van der Waals surface area contributed by atoms with Gasteiger partial charge in [-0.1, -0.05) is 5.21 Å². The molecule has 9 heteroatoms. The molecule has 0 aliphatic carbocycles. The lowest BCUT2D eigenvalue weighted by Crippen LogP contribution is -2.32. The Labute approximate surface area is 114 Å². The standard InChI is InChI=1S/C11H14N6O3/c1-7(10-14-16-17-15-10)13-9(18)4-5-12-11(19)8-3-2-6-20-8/h2-3,6-7H,4-5H2,1H3,(H,12,19)(H,13,18)(H,14,15,16,17). The van der Waals surface area contributed by atoms with Crippen LogP contribution in [0.5, 0.6) is 0 Å². The number of H-pyrrole nitrogens is 1. The van der Waals surface area contributed by atoms with Gasteiger partial charge in [0.15, 0.2) is 11.6 Å². The number of carbonyl (C=O) groups is 2. The Morgan fingerprint density at radius 3 is 3.00 bits per heavy atom. The minimum absolute atomic E-state index is 0.147. The van der Waals surface area contributed by atoms with Crippen LogP contribution in [0.3, 0.4) is 0 Å². The van der Waals surface area contributed by atoms with Crippen molar-refractivity contribution in [3.05, 3.63) is 30.0 Å². The summed E-state index contributed by atoms with van der Waals surface area (Å²) in [6.07, 6.45) is 1.56. The number of hydrogen-bond acceptors (Lipinski definition) is 6. The molecular weight excluding hydrogens is 264 g/mol. The zero-order valence-electron chi connectivity index (χ0n) is 10.8. The number of nitrogens with zero attached hydrogens (tertiary/aromatic N) is 3. The number of furan rings is 1. The fourth-order valence-corrected chi connectivity index (χ4v) is 1.52. The molecule has 0 spiro atoms. The summed E-state index contributed by atoms with van der Waals surface area (Å²) in [4.78, 5) is 23.2. The topological polar surface area (TPSA) is 126 Å². The van der Waals surface area contributed by atoms with E-state index in [1.54, 1.807) is 19.1 Å². The fraction of sp³-hybridized carbons (Fsp3) is 0.364. The van der Waals surface area contributed by atoms with Gasteiger partial charge in [0.25, 0.3) is 5.91 Å². The molecule has 0 fully saturated rings. The van der Waals surface area contributed by atoms with Crippen LogP contribution in [-0.4, -0.2) is 39.0 Å². The third-order valence-corrected chi connectivity index (χ3v) is 2.51. The second-order valence-electron chi connectivity index (χ2n) is 4.04. The summed E-state index contributed by atoms with van der Waals surface area (Å²) in [5.41, 5.74) is 0. The van der Waals surface area contributed by atoms with E-state index in [4.69, 9.17) is 4.42 Å². The van der Waals surface area contributed by atoms with Gasteiger partial charge in [-0.15, -0.1) is 10.2 Å². The van der Waals surface area contributed by atoms with Crippen molar-refractivity contribution in [1.29, 1.82) is 0 Å². The third-order valence-electron chi connectivity index (χ3n) is 2.51. The first-order chi connectivity index (χ1) is 9.66. The highest BCUT2D eigenvalue weighted by atomic mass is 16.3. The summed E-state index contributed by atoms with van der Waals surface area (Å²) < 4.78 is 4.93. The van der Waals surface area contributed by atoms with Crippen LogP contribution in [0, 0.1) is 0 Å². The van der Waals surface area contributed by atoms with Gasteiger partial charge in [0.1, 0.15) is 0 Å². The highest BCUT2D eigenvalue weighted by molar-refractivity contribution is 5.91. The molecule has 3 N–H and O–H groups in total. The van der Waals surface area contributed by atoms with Crippen LogP contribution in [0.2, 0.25) is 0 Å². The highest BCUT2D eigenvalue weighted by Crippen LogP contribution is 2.03. The first kappa shape index (κ1) is 13.7. The summed E-state index contributed by atoms with van der Waals surface area (Å²) in [5, 5.41) is 18.5. The summed E-state index contributed by atoms with van der Waals surface area (Å²) in [6, 6.07) is 2.82. The molecule has 0 radical (unpaired) electrons. The zero-order chi connectivity index (χ0) is 14.4. The summed E-state index contributed by atoms with van der Waals surface area (Å²) in [5.74, 6) is 0.0413. The molecule has 0 aromatic carbocycles. The predicted molar refractivity (Wildman–Crippen MR) is 66.4 cm³/mol. The molecular formula is C11H14N6O3. The number of rotatable bonds is 6. The van der Waals surface area contributed by atoms with Crippen LogP contribution < -0.4 is 10.6 Å². The lowest BCUT2D eigenvalue weighted by Gasteiger charge is -2.09. The van der Waals surface area contributed by atoms with E-state index in [2.05, 4.69) is 31.3 Å². The SMILES string of the molecule is CC(NC(=O)CCNC(=O)c1ccco1)c1nn[nH]n1. The van der Waals surface area contributed by atoms with Crippen molar-refractivity contribution in [3.63, 3.8) is 0 Å². The van der Waals surface area contributed by atoms with Crippen molar-refractivity contribution in [2.24, 2.45) is 0 Å². The molecule has 1 unspecified atom stereocenters. The lowest BCUT2D eigenvalue weighted by atomic mass is 10.3. The number of nitrogens with one attached hydrogen (secondary N) is 3. The quantitative estimate of drug-likeness (QED) is 0.671. The molecule has 0 saturated carbocycles. The maximum atomic E-state index is 11.6. The Morgan fingerprint density at radius 2 is 2.35 bits per heavy atom. The van der Waals surface area contributed by atoms with Gasteiger partial charge in [0.05, 0.1) is 12.3 Å². The van der Waals surface area contributed by atoms with Crippen molar-refractivity contribution in [1.82, 2.24) is 31.3 Å². The molecule has 2 heterocycles. The van der Waals surface area contributed by atoms with Crippen molar-refractivity contribution in [3.8, 4) is 0 Å². The molecule has 20 heavy (non-hydrogen) atoms. The molecule has 0 saturated heterocycles. The van der Waals surface area contributed by atoms with Crippen molar-refractivity contribution in [2.45, 2.75) is 19.4 Å². The Bertz CT molecular complexity index is 551. The first-order valence-corrected chi connectivity index (χ1v) is 6.01. The van der Waals surface area contributed by atoms with Crippen molar-refractivity contribution >= 4 is 11.8 Å². The molecule has 9 nitrogen and oxygen atoms in total. The second-order valence-corrected chi connectivity index (χ2v) is 4.04. The van der Waals surface area contributed by atoms with Gasteiger partial charge in [0.2, 0.25) is 5.91 Å². The molecule has 0 aliphatic heterocycles. The number of hydrogen-bond donors (Lipinski definition) is 3. The van der Waals surface area contributed by atoms with E-state index in [0.29, 0.717) is 5.82 Å². The van der Waals surface area contributed by atoms with E-state index >= 15 is 0 Å². The molecule has 1 atom stereocenters. The van der Waals surface area contributed by atoms with Gasteiger partial charge in [-0.25, -0.2) is 0 Å². The fourth-order valence-electron chi connectivity index (χ4n) is 1.52. The van der Waals surface area contributed by atoms with Crippen LogP contribution in [0.25, 0.3) is 0 Å².